The van der Waals surface area contributed by atoms with E-state index in [4.69, 9.17) is 5.84 Å². The molecule has 0 saturated heterocycles. The Morgan fingerprint density at radius 3 is 2.42 bits per heavy atom. The van der Waals surface area contributed by atoms with Crippen LogP contribution in [0.25, 0.3) is 0 Å². The van der Waals surface area contributed by atoms with Crippen molar-refractivity contribution in [2.24, 2.45) is 5.84 Å². The molecule has 19 heavy (non-hydrogen) atoms. The molecule has 0 spiro atoms. The van der Waals surface area contributed by atoms with Crippen molar-refractivity contribution in [3.8, 4) is 0 Å². The number of nitrogens with one attached hydrogen (secondary N) is 1. The van der Waals surface area contributed by atoms with Crippen LogP contribution in [0, 0.1) is 11.6 Å². The van der Waals surface area contributed by atoms with Crippen molar-refractivity contribution in [3.05, 3.63) is 68.1 Å². The van der Waals surface area contributed by atoms with E-state index in [1.165, 1.54) is 0 Å². The maximum Gasteiger partial charge on any atom is 0.128 e. The van der Waals surface area contributed by atoms with Crippen LogP contribution >= 0.6 is 31.9 Å². The van der Waals surface area contributed by atoms with Gasteiger partial charge in [0.1, 0.15) is 11.6 Å². The van der Waals surface area contributed by atoms with Gasteiger partial charge in [-0.1, -0.05) is 31.9 Å². The van der Waals surface area contributed by atoms with Gasteiger partial charge in [0.2, 0.25) is 0 Å². The summed E-state index contributed by atoms with van der Waals surface area (Å²) in [4.78, 5) is 0. The smallest absolute Gasteiger partial charge is 0.128 e. The molecule has 0 fully saturated rings. The second-order valence-electron chi connectivity index (χ2n) is 3.93. The molecule has 0 aromatic heterocycles. The summed E-state index contributed by atoms with van der Waals surface area (Å²) in [6.45, 7) is 0. The van der Waals surface area contributed by atoms with E-state index in [0.29, 0.717) is 5.56 Å². The lowest BCUT2D eigenvalue weighted by Crippen LogP contribution is -2.30. The fourth-order valence-electron chi connectivity index (χ4n) is 1.82. The predicted octanol–water partition coefficient (Wildman–Crippen LogP) is 4.04. The van der Waals surface area contributed by atoms with Gasteiger partial charge in [-0.05, 0) is 42.0 Å². The Hall–Kier alpha value is -0.820. The molecule has 6 heteroatoms. The lowest BCUT2D eigenvalue weighted by molar-refractivity contribution is 0.544. The highest BCUT2D eigenvalue weighted by molar-refractivity contribution is 9.11. The third-order valence-corrected chi connectivity index (χ3v) is 3.92. The number of rotatable bonds is 3. The maximum absolute atomic E-state index is 13.8. The van der Waals surface area contributed by atoms with E-state index in [9.17, 15) is 8.78 Å². The number of nitrogens with two attached hydrogens (primary N) is 1. The minimum atomic E-state index is -0.650. The Morgan fingerprint density at radius 1 is 1.00 bits per heavy atom. The molecule has 0 aliphatic heterocycles. The fraction of sp³-hybridized carbons (Fsp3) is 0.0769. The molecule has 0 saturated carbocycles. The summed E-state index contributed by atoms with van der Waals surface area (Å²) in [6, 6.07) is 8.07. The third-order valence-electron chi connectivity index (χ3n) is 2.70. The summed E-state index contributed by atoms with van der Waals surface area (Å²) in [5.41, 5.74) is 3.38. The zero-order valence-corrected chi connectivity index (χ0v) is 12.8. The summed E-state index contributed by atoms with van der Waals surface area (Å²) in [5, 5.41) is 0. The van der Waals surface area contributed by atoms with Gasteiger partial charge in [-0.25, -0.2) is 14.2 Å². The highest BCUT2D eigenvalue weighted by Crippen LogP contribution is 2.32. The highest BCUT2D eigenvalue weighted by Gasteiger charge is 2.20. The Balaban J connectivity index is 2.55. The second-order valence-corrected chi connectivity index (χ2v) is 5.70. The first-order valence-corrected chi connectivity index (χ1v) is 6.97. The molecule has 0 aliphatic carbocycles. The third kappa shape index (κ3) is 3.20. The SMILES string of the molecule is NNC(c1cc(F)ccc1F)c1cc(Br)ccc1Br. The Kier molecular flexibility index (Phi) is 4.67. The molecule has 2 rings (SSSR count). The van der Waals surface area contributed by atoms with Crippen LogP contribution in [-0.4, -0.2) is 0 Å². The quantitative estimate of drug-likeness (QED) is 0.612. The molecule has 0 radical (unpaired) electrons. The van der Waals surface area contributed by atoms with Crippen molar-refractivity contribution in [2.75, 3.05) is 0 Å². The van der Waals surface area contributed by atoms with Crippen LogP contribution < -0.4 is 11.3 Å². The van der Waals surface area contributed by atoms with Crippen LogP contribution in [0.1, 0.15) is 17.2 Å². The molecule has 2 nitrogen and oxygen atoms in total. The normalized spacial score (nSPS) is 12.5. The number of hydrazine groups is 1. The Bertz CT molecular complexity index is 554. The van der Waals surface area contributed by atoms with E-state index >= 15 is 0 Å². The van der Waals surface area contributed by atoms with Gasteiger partial charge >= 0.3 is 0 Å². The molecular weight excluding hydrogens is 382 g/mol. The number of hydrogen-bond acceptors (Lipinski definition) is 2. The number of hydrogen-bond donors (Lipinski definition) is 2. The maximum atomic E-state index is 13.8. The number of benzene rings is 2. The van der Waals surface area contributed by atoms with E-state index < -0.39 is 17.7 Å². The lowest BCUT2D eigenvalue weighted by Gasteiger charge is -2.19. The van der Waals surface area contributed by atoms with Crippen molar-refractivity contribution in [1.29, 1.82) is 0 Å². The Morgan fingerprint density at radius 2 is 1.74 bits per heavy atom. The molecule has 1 atom stereocenters. The first kappa shape index (κ1) is 14.6. The van der Waals surface area contributed by atoms with Crippen molar-refractivity contribution in [1.82, 2.24) is 5.43 Å². The molecule has 0 amide bonds. The monoisotopic (exact) mass is 390 g/mol. The number of halogens is 4. The van der Waals surface area contributed by atoms with E-state index in [0.717, 1.165) is 27.1 Å². The van der Waals surface area contributed by atoms with E-state index in [1.54, 1.807) is 12.1 Å². The van der Waals surface area contributed by atoms with Crippen LogP contribution in [0.4, 0.5) is 8.78 Å². The molecule has 0 heterocycles. The van der Waals surface area contributed by atoms with Crippen LogP contribution in [0.3, 0.4) is 0 Å². The van der Waals surface area contributed by atoms with Crippen LogP contribution in [-0.2, 0) is 0 Å². The van der Waals surface area contributed by atoms with Crippen molar-refractivity contribution in [2.45, 2.75) is 6.04 Å². The van der Waals surface area contributed by atoms with Gasteiger partial charge in [-0.3, -0.25) is 5.84 Å². The van der Waals surface area contributed by atoms with Crippen molar-refractivity contribution >= 4 is 31.9 Å². The van der Waals surface area contributed by atoms with E-state index in [2.05, 4.69) is 37.3 Å². The zero-order chi connectivity index (χ0) is 14.0. The summed E-state index contributed by atoms with van der Waals surface area (Å²) < 4.78 is 28.7. The second kappa shape index (κ2) is 6.09. The summed E-state index contributed by atoms with van der Waals surface area (Å²) in [7, 11) is 0. The van der Waals surface area contributed by atoms with Crippen LogP contribution in [0.15, 0.2) is 45.3 Å². The summed E-state index contributed by atoms with van der Waals surface area (Å²) in [6.07, 6.45) is 0. The van der Waals surface area contributed by atoms with Gasteiger partial charge in [0, 0.05) is 14.5 Å². The van der Waals surface area contributed by atoms with Gasteiger partial charge in [0.25, 0.3) is 0 Å². The average Bonchev–Trinajstić information content (AvgIpc) is 2.38. The van der Waals surface area contributed by atoms with Crippen molar-refractivity contribution in [3.63, 3.8) is 0 Å². The topological polar surface area (TPSA) is 38.0 Å². The van der Waals surface area contributed by atoms with Gasteiger partial charge in [-0.2, -0.15) is 0 Å². The molecule has 2 aromatic rings. The van der Waals surface area contributed by atoms with Gasteiger partial charge < -0.3 is 0 Å². The van der Waals surface area contributed by atoms with E-state index in [1.807, 2.05) is 6.07 Å². The molecule has 0 bridgehead atoms. The fourth-order valence-corrected chi connectivity index (χ4v) is 2.67. The molecule has 0 aliphatic rings. The van der Waals surface area contributed by atoms with Crippen molar-refractivity contribution < 1.29 is 8.78 Å². The van der Waals surface area contributed by atoms with E-state index in [-0.39, 0.29) is 5.56 Å². The predicted molar refractivity (Wildman–Crippen MR) is 77.4 cm³/mol. The molecule has 1 unspecified atom stereocenters. The van der Waals surface area contributed by atoms with Gasteiger partial charge in [0.15, 0.2) is 0 Å². The molecule has 2 aromatic carbocycles. The first-order valence-electron chi connectivity index (χ1n) is 5.39. The van der Waals surface area contributed by atoms with Crippen LogP contribution in [0.2, 0.25) is 0 Å². The average molecular weight is 392 g/mol. The van der Waals surface area contributed by atoms with Gasteiger partial charge in [-0.15, -0.1) is 0 Å². The highest BCUT2D eigenvalue weighted by atomic mass is 79.9. The molecular formula is C13H10Br2F2N2. The van der Waals surface area contributed by atoms with Crippen LogP contribution in [0.5, 0.6) is 0 Å². The minimum absolute atomic E-state index is 0.154. The standard InChI is InChI=1S/C13H10Br2F2N2/c14-7-1-3-11(15)9(5-7)13(19-18)10-6-8(16)2-4-12(10)17/h1-6,13,19H,18H2. The largest absolute Gasteiger partial charge is 0.271 e. The van der Waals surface area contributed by atoms with Gasteiger partial charge in [0.05, 0.1) is 6.04 Å². The summed E-state index contributed by atoms with van der Waals surface area (Å²) >= 11 is 6.72. The Labute approximate surface area is 126 Å². The zero-order valence-electron chi connectivity index (χ0n) is 9.63. The minimum Gasteiger partial charge on any atom is -0.271 e. The first-order chi connectivity index (χ1) is 9.02. The lowest BCUT2D eigenvalue weighted by atomic mass is 9.99. The summed E-state index contributed by atoms with van der Waals surface area (Å²) in [5.74, 6) is 4.47. The molecule has 3 N–H and O–H groups in total. The molecule has 100 valence electrons.